The molecule has 0 fully saturated rings. The van der Waals surface area contributed by atoms with Crippen molar-refractivity contribution >= 4 is 0 Å². The van der Waals surface area contributed by atoms with Gasteiger partial charge in [0.2, 0.25) is 0 Å². The molecule has 0 spiro atoms. The van der Waals surface area contributed by atoms with Gasteiger partial charge in [-0.1, -0.05) is 13.3 Å². The summed E-state index contributed by atoms with van der Waals surface area (Å²) in [6.45, 7) is 0.0792. The second-order valence-electron chi connectivity index (χ2n) is 6.50. The van der Waals surface area contributed by atoms with Crippen molar-refractivity contribution in [3.05, 3.63) is 0 Å². The Morgan fingerprint density at radius 2 is 0.812 bits per heavy atom. The summed E-state index contributed by atoms with van der Waals surface area (Å²) in [5.74, 6) is -55.8. The van der Waals surface area contributed by atoms with Crippen LogP contribution in [-0.4, -0.2) is 60.7 Å². The molecule has 0 aromatic carbocycles. The fraction of sp³-hybridized carbons (Fsp3) is 1.00. The second-order valence-corrected chi connectivity index (χ2v) is 6.50. The molecule has 32 heavy (non-hydrogen) atoms. The second kappa shape index (κ2) is 8.85. The lowest BCUT2D eigenvalue weighted by Crippen LogP contribution is -2.74. The summed E-state index contributed by atoms with van der Waals surface area (Å²) in [6.07, 6.45) is -9.56. The summed E-state index contributed by atoms with van der Waals surface area (Å²) < 4.78 is 221. The van der Waals surface area contributed by atoms with Gasteiger partial charge in [0.25, 0.3) is 0 Å². The van der Waals surface area contributed by atoms with Crippen molar-refractivity contribution in [1.29, 1.82) is 0 Å². The minimum absolute atomic E-state index is 0.179. The monoisotopic (exact) mass is 519 g/mol. The molecule has 0 aromatic heterocycles. The maximum Gasteiger partial charge on any atom is 0.460 e. The minimum Gasteiger partial charge on any atom is -0.317 e. The van der Waals surface area contributed by atoms with Crippen molar-refractivity contribution in [1.82, 2.24) is 5.32 Å². The molecule has 1 nitrogen and oxygen atoms in total. The largest absolute Gasteiger partial charge is 0.460 e. The van der Waals surface area contributed by atoms with Gasteiger partial charge in [-0.05, 0) is 13.0 Å². The molecule has 0 rings (SSSR count). The number of hydrogen-bond donors (Lipinski definition) is 1. The molecule has 0 aliphatic carbocycles. The van der Waals surface area contributed by atoms with Crippen LogP contribution in [0.15, 0.2) is 0 Å². The summed E-state index contributed by atoms with van der Waals surface area (Å²) in [5, 5.41) is 1.96. The molecule has 0 atom stereocenters. The Morgan fingerprint density at radius 1 is 0.469 bits per heavy atom. The van der Waals surface area contributed by atoms with Crippen LogP contribution in [0.25, 0.3) is 0 Å². The van der Waals surface area contributed by atoms with E-state index in [-0.39, 0.29) is 13.0 Å². The molecular formula is C14H14F17N. The lowest BCUT2D eigenvalue weighted by Gasteiger charge is -2.42. The summed E-state index contributed by atoms with van der Waals surface area (Å²) in [6, 6.07) is 0. The van der Waals surface area contributed by atoms with E-state index in [1.165, 1.54) is 0 Å². The Morgan fingerprint density at radius 3 is 1.16 bits per heavy atom. The van der Waals surface area contributed by atoms with Gasteiger partial charge in [0.1, 0.15) is 0 Å². The van der Waals surface area contributed by atoms with Crippen molar-refractivity contribution in [2.75, 3.05) is 13.1 Å². The van der Waals surface area contributed by atoms with E-state index in [1.54, 1.807) is 6.92 Å². The Labute approximate surface area is 168 Å². The number of halogens is 17. The number of rotatable bonds is 12. The Bertz CT molecular complexity index is 621. The molecule has 0 unspecified atom stereocenters. The summed E-state index contributed by atoms with van der Waals surface area (Å²) >= 11 is 0. The Balaban J connectivity index is 6.25. The van der Waals surface area contributed by atoms with Gasteiger partial charge < -0.3 is 5.32 Å². The van der Waals surface area contributed by atoms with Crippen LogP contribution < -0.4 is 5.32 Å². The highest BCUT2D eigenvalue weighted by atomic mass is 19.4. The van der Waals surface area contributed by atoms with Gasteiger partial charge in [-0.25, -0.2) is 0 Å². The molecule has 0 aromatic rings. The molecule has 0 saturated carbocycles. The van der Waals surface area contributed by atoms with E-state index >= 15 is 0 Å². The van der Waals surface area contributed by atoms with E-state index in [9.17, 15) is 74.6 Å². The van der Waals surface area contributed by atoms with Gasteiger partial charge in [0.05, 0.1) is 0 Å². The standard InChI is InChI=1S/C14H14F17N/c1-2-3-5-32-6-4-7(15,16)8(17,18)9(19,20)10(21,22)11(23,24)12(25,26)13(27,28)14(29,30)31/h32H,2-6H2,1H3. The first-order valence-corrected chi connectivity index (χ1v) is 8.23. The zero-order valence-electron chi connectivity index (χ0n) is 15.5. The quantitative estimate of drug-likeness (QED) is 0.222. The van der Waals surface area contributed by atoms with Gasteiger partial charge in [0, 0.05) is 13.0 Å². The van der Waals surface area contributed by atoms with Gasteiger partial charge in [-0.3, -0.25) is 0 Å². The van der Waals surface area contributed by atoms with E-state index in [4.69, 9.17) is 0 Å². The van der Waals surface area contributed by atoms with Crippen LogP contribution in [0.4, 0.5) is 74.6 Å². The van der Waals surface area contributed by atoms with E-state index in [0.717, 1.165) is 0 Å². The molecule has 0 heterocycles. The molecule has 18 heteroatoms. The first kappa shape index (κ1) is 30.8. The molecule has 194 valence electrons. The number of unbranched alkanes of at least 4 members (excludes halogenated alkanes) is 1. The molecule has 1 N–H and O–H groups in total. The maximum absolute atomic E-state index is 13.5. The summed E-state index contributed by atoms with van der Waals surface area (Å²) in [5.41, 5.74) is 0. The smallest absolute Gasteiger partial charge is 0.317 e. The van der Waals surface area contributed by atoms with Crippen molar-refractivity contribution < 1.29 is 74.6 Å². The third-order valence-electron chi connectivity index (χ3n) is 4.11. The van der Waals surface area contributed by atoms with E-state index in [0.29, 0.717) is 6.42 Å². The zero-order chi connectivity index (χ0) is 26.2. The Kier molecular flexibility index (Phi) is 8.51. The summed E-state index contributed by atoms with van der Waals surface area (Å²) in [7, 11) is 0. The lowest BCUT2D eigenvalue weighted by molar-refractivity contribution is -0.461. The third-order valence-corrected chi connectivity index (χ3v) is 4.11. The molecule has 0 aliphatic heterocycles. The fourth-order valence-electron chi connectivity index (χ4n) is 2.03. The molecule has 0 radical (unpaired) electrons. The van der Waals surface area contributed by atoms with Crippen molar-refractivity contribution in [3.63, 3.8) is 0 Å². The van der Waals surface area contributed by atoms with Crippen LogP contribution in [-0.2, 0) is 0 Å². The molecular weight excluding hydrogens is 505 g/mol. The number of hydrogen-bond acceptors (Lipinski definition) is 1. The van der Waals surface area contributed by atoms with Crippen molar-refractivity contribution in [3.8, 4) is 0 Å². The van der Waals surface area contributed by atoms with Gasteiger partial charge in [-0.2, -0.15) is 74.6 Å². The van der Waals surface area contributed by atoms with Gasteiger partial charge >= 0.3 is 47.6 Å². The number of alkyl halides is 17. The summed E-state index contributed by atoms with van der Waals surface area (Å²) in [4.78, 5) is 0. The van der Waals surface area contributed by atoms with E-state index in [2.05, 4.69) is 0 Å². The van der Waals surface area contributed by atoms with Gasteiger partial charge in [0.15, 0.2) is 0 Å². The van der Waals surface area contributed by atoms with Crippen LogP contribution >= 0.6 is 0 Å². The van der Waals surface area contributed by atoms with Crippen LogP contribution in [0, 0.1) is 0 Å². The minimum atomic E-state index is -8.58. The predicted octanol–water partition coefficient (Wildman–Crippen LogP) is 6.78. The molecule has 0 aliphatic rings. The average molecular weight is 519 g/mol. The molecule has 0 bridgehead atoms. The van der Waals surface area contributed by atoms with E-state index < -0.39 is 60.6 Å². The average Bonchev–Trinajstić information content (AvgIpc) is 2.59. The topological polar surface area (TPSA) is 12.0 Å². The maximum atomic E-state index is 13.5. The van der Waals surface area contributed by atoms with Crippen molar-refractivity contribution in [2.45, 2.75) is 73.8 Å². The van der Waals surface area contributed by atoms with Crippen LogP contribution in [0.1, 0.15) is 26.2 Å². The van der Waals surface area contributed by atoms with Crippen LogP contribution in [0.5, 0.6) is 0 Å². The van der Waals surface area contributed by atoms with E-state index in [1.807, 2.05) is 5.32 Å². The highest BCUT2D eigenvalue weighted by Crippen LogP contribution is 2.64. The van der Waals surface area contributed by atoms with Gasteiger partial charge in [-0.15, -0.1) is 0 Å². The first-order valence-electron chi connectivity index (χ1n) is 8.23. The highest BCUT2D eigenvalue weighted by Gasteiger charge is 2.95. The normalized spacial score (nSPS) is 15.9. The lowest BCUT2D eigenvalue weighted by atomic mass is 9.88. The van der Waals surface area contributed by atoms with Crippen LogP contribution in [0.3, 0.4) is 0 Å². The zero-order valence-corrected chi connectivity index (χ0v) is 15.5. The van der Waals surface area contributed by atoms with Crippen molar-refractivity contribution in [2.24, 2.45) is 0 Å². The molecule has 0 saturated heterocycles. The fourth-order valence-corrected chi connectivity index (χ4v) is 2.03. The Hall–Kier alpha value is -1.23. The first-order chi connectivity index (χ1) is 13.8. The predicted molar refractivity (Wildman–Crippen MR) is 73.1 cm³/mol. The molecule has 0 amide bonds. The third kappa shape index (κ3) is 4.56. The number of nitrogens with one attached hydrogen (secondary N) is 1. The highest BCUT2D eigenvalue weighted by molar-refractivity contribution is 5.15. The SMILES string of the molecule is CCCCNCCC(F)(F)C(F)(F)C(F)(F)C(F)(F)C(F)(F)C(F)(F)C(F)(F)C(F)(F)F. The van der Waals surface area contributed by atoms with Crippen LogP contribution in [0.2, 0.25) is 0 Å².